The zero-order valence-electron chi connectivity index (χ0n) is 21.7. The zero-order valence-corrected chi connectivity index (χ0v) is 21.7. The Bertz CT molecular complexity index is 1140. The fourth-order valence-corrected chi connectivity index (χ4v) is 3.97. The number of nitrogens with two attached hydrogens (primary N) is 1. The maximum absolute atomic E-state index is 13.0. The number of hydrogen-bond donors (Lipinski definition) is 2. The van der Waals surface area contributed by atoms with Crippen LogP contribution in [0.25, 0.3) is 0 Å². The van der Waals surface area contributed by atoms with Gasteiger partial charge >= 0.3 is 17.9 Å². The molecule has 8 heteroatoms. The zero-order chi connectivity index (χ0) is 26.8. The van der Waals surface area contributed by atoms with Gasteiger partial charge in [-0.1, -0.05) is 65.8 Å². The van der Waals surface area contributed by atoms with Gasteiger partial charge in [-0.05, 0) is 34.1 Å². The Hall–Kier alpha value is -3.39. The van der Waals surface area contributed by atoms with Gasteiger partial charge in [-0.3, -0.25) is 14.4 Å². The third-order valence-electron chi connectivity index (χ3n) is 6.07. The van der Waals surface area contributed by atoms with Crippen LogP contribution < -0.4 is 15.2 Å². The van der Waals surface area contributed by atoms with Crippen molar-refractivity contribution in [2.75, 3.05) is 13.2 Å². The van der Waals surface area contributed by atoms with Crippen LogP contribution in [0.5, 0.6) is 11.5 Å². The van der Waals surface area contributed by atoms with Crippen LogP contribution in [0.1, 0.15) is 76.1 Å². The first-order valence-corrected chi connectivity index (χ1v) is 12.0. The van der Waals surface area contributed by atoms with Gasteiger partial charge < -0.3 is 25.1 Å². The van der Waals surface area contributed by atoms with Crippen molar-refractivity contribution in [2.45, 2.75) is 70.8 Å². The van der Waals surface area contributed by atoms with Crippen LogP contribution in [0.4, 0.5) is 0 Å². The molecule has 1 unspecified atom stereocenters. The summed E-state index contributed by atoms with van der Waals surface area (Å²) >= 11 is 0. The normalized spacial score (nSPS) is 16.2. The fourth-order valence-electron chi connectivity index (χ4n) is 3.97. The Morgan fingerprint density at radius 2 is 1.67 bits per heavy atom. The summed E-state index contributed by atoms with van der Waals surface area (Å²) in [6.07, 6.45) is -0.406. The second-order valence-corrected chi connectivity index (χ2v) is 11.1. The predicted molar refractivity (Wildman–Crippen MR) is 134 cm³/mol. The van der Waals surface area contributed by atoms with Crippen molar-refractivity contribution in [1.82, 2.24) is 0 Å². The molecular weight excluding hydrogens is 462 g/mol. The highest BCUT2D eigenvalue weighted by molar-refractivity contribution is 5.90. The van der Waals surface area contributed by atoms with Crippen molar-refractivity contribution in [3.63, 3.8) is 0 Å². The van der Waals surface area contributed by atoms with Gasteiger partial charge in [0.05, 0.1) is 6.42 Å². The molecule has 2 aromatic carbocycles. The van der Waals surface area contributed by atoms with Crippen LogP contribution >= 0.6 is 0 Å². The van der Waals surface area contributed by atoms with Crippen LogP contribution in [-0.2, 0) is 30.0 Å². The lowest BCUT2D eigenvalue weighted by Crippen LogP contribution is -2.33. The third-order valence-corrected chi connectivity index (χ3v) is 6.07. The molecular formula is C28H35NO7. The molecule has 0 aliphatic carbocycles. The van der Waals surface area contributed by atoms with E-state index in [1.54, 1.807) is 12.1 Å². The lowest BCUT2D eigenvalue weighted by atomic mass is 9.77. The number of rotatable bonds is 8. The number of carbonyl (C=O) groups excluding carboxylic acids is 2. The van der Waals surface area contributed by atoms with Crippen LogP contribution in [-0.4, -0.2) is 42.3 Å². The lowest BCUT2D eigenvalue weighted by molar-refractivity contribution is -0.149. The summed E-state index contributed by atoms with van der Waals surface area (Å²) in [5, 5.41) is 8.73. The van der Waals surface area contributed by atoms with Crippen LogP contribution in [0, 0.1) is 0 Å². The SMILES string of the molecule is CC(C)(C)c1cc2c(c(C(C)(C)C)c1)OC(=O)C2c1ccc(OCCOC(=O)C[C@H](N)C(=O)O)cc1. The van der Waals surface area contributed by atoms with E-state index in [1.165, 1.54) is 0 Å². The molecule has 1 aliphatic heterocycles. The Morgan fingerprint density at radius 1 is 1.03 bits per heavy atom. The fraction of sp³-hybridized carbons (Fsp3) is 0.464. The monoisotopic (exact) mass is 497 g/mol. The van der Waals surface area contributed by atoms with E-state index in [0.29, 0.717) is 11.5 Å². The third kappa shape index (κ3) is 6.23. The molecule has 0 spiro atoms. The highest BCUT2D eigenvalue weighted by Gasteiger charge is 2.39. The summed E-state index contributed by atoms with van der Waals surface area (Å²) < 4.78 is 16.4. The van der Waals surface area contributed by atoms with E-state index in [-0.39, 0.29) is 30.0 Å². The van der Waals surface area contributed by atoms with E-state index in [9.17, 15) is 14.4 Å². The highest BCUT2D eigenvalue weighted by atomic mass is 16.6. The molecule has 1 heterocycles. The van der Waals surface area contributed by atoms with E-state index in [2.05, 4.69) is 53.7 Å². The largest absolute Gasteiger partial charge is 0.490 e. The number of fused-ring (bicyclic) bond motifs is 1. The van der Waals surface area contributed by atoms with Gasteiger partial charge in [0.25, 0.3) is 0 Å². The Balaban J connectivity index is 1.73. The van der Waals surface area contributed by atoms with Crippen molar-refractivity contribution >= 4 is 17.9 Å². The van der Waals surface area contributed by atoms with E-state index >= 15 is 0 Å². The molecule has 3 N–H and O–H groups in total. The minimum absolute atomic E-state index is 0.0413. The quantitative estimate of drug-likeness (QED) is 0.318. The molecule has 0 saturated heterocycles. The van der Waals surface area contributed by atoms with Crippen LogP contribution in [0.15, 0.2) is 36.4 Å². The van der Waals surface area contributed by atoms with E-state index in [4.69, 9.17) is 25.1 Å². The molecule has 3 rings (SSSR count). The Labute approximate surface area is 211 Å². The van der Waals surface area contributed by atoms with Gasteiger partial charge in [0, 0.05) is 11.1 Å². The van der Waals surface area contributed by atoms with Crippen molar-refractivity contribution < 1.29 is 33.7 Å². The topological polar surface area (TPSA) is 125 Å². The maximum atomic E-state index is 13.0. The van der Waals surface area contributed by atoms with E-state index in [0.717, 1.165) is 22.3 Å². The van der Waals surface area contributed by atoms with Gasteiger partial charge in [0.15, 0.2) is 0 Å². The number of esters is 2. The Kier molecular flexibility index (Phi) is 7.79. The Morgan fingerprint density at radius 3 is 2.22 bits per heavy atom. The predicted octanol–water partition coefficient (Wildman–Crippen LogP) is 4.06. The number of ether oxygens (including phenoxy) is 3. The lowest BCUT2D eigenvalue weighted by Gasteiger charge is -2.27. The molecule has 2 aromatic rings. The maximum Gasteiger partial charge on any atom is 0.323 e. The second kappa shape index (κ2) is 10.3. The minimum atomic E-state index is -1.29. The summed E-state index contributed by atoms with van der Waals surface area (Å²) in [6.45, 7) is 12.8. The number of hydrogen-bond acceptors (Lipinski definition) is 7. The summed E-state index contributed by atoms with van der Waals surface area (Å²) in [5.41, 5.74) is 8.86. The number of aliphatic carboxylic acids is 1. The van der Waals surface area contributed by atoms with Gasteiger partial charge in [-0.2, -0.15) is 0 Å². The molecule has 1 aliphatic rings. The van der Waals surface area contributed by atoms with Crippen molar-refractivity contribution in [2.24, 2.45) is 5.73 Å². The van der Waals surface area contributed by atoms with Crippen LogP contribution in [0.2, 0.25) is 0 Å². The van der Waals surface area contributed by atoms with Gasteiger partial charge in [-0.25, -0.2) is 0 Å². The molecule has 8 nitrogen and oxygen atoms in total. The molecule has 0 aromatic heterocycles. The highest BCUT2D eigenvalue weighted by Crippen LogP contribution is 2.47. The molecule has 194 valence electrons. The molecule has 0 amide bonds. The summed E-state index contributed by atoms with van der Waals surface area (Å²) in [4.78, 5) is 35.3. The van der Waals surface area contributed by atoms with Gasteiger partial charge in [0.2, 0.25) is 0 Å². The van der Waals surface area contributed by atoms with Crippen molar-refractivity contribution in [3.8, 4) is 11.5 Å². The molecule has 0 saturated carbocycles. The second-order valence-electron chi connectivity index (χ2n) is 11.1. The summed E-state index contributed by atoms with van der Waals surface area (Å²) in [7, 11) is 0. The molecule has 0 radical (unpaired) electrons. The number of benzene rings is 2. The molecule has 36 heavy (non-hydrogen) atoms. The van der Waals surface area contributed by atoms with Crippen LogP contribution in [0.3, 0.4) is 0 Å². The molecule has 2 atom stereocenters. The average Bonchev–Trinajstić information content (AvgIpc) is 3.10. The smallest absolute Gasteiger partial charge is 0.323 e. The first kappa shape index (κ1) is 27.2. The standard InChI is InChI=1S/C28H35NO7/c1-27(2,3)17-13-19-23(26(33)36-24(19)20(14-17)28(4,5)6)16-7-9-18(10-8-16)34-11-12-35-22(30)15-21(29)25(31)32/h7-10,13-14,21,23H,11-12,15,29H2,1-6H3,(H,31,32)/t21-,23?/m0/s1. The number of carboxylic acid groups (broad SMARTS) is 1. The first-order chi connectivity index (χ1) is 16.7. The van der Waals surface area contributed by atoms with Gasteiger partial charge in [0.1, 0.15) is 36.7 Å². The van der Waals surface area contributed by atoms with E-state index in [1.807, 2.05) is 12.1 Å². The van der Waals surface area contributed by atoms with E-state index < -0.39 is 30.3 Å². The number of carbonyl (C=O) groups is 3. The minimum Gasteiger partial charge on any atom is -0.490 e. The van der Waals surface area contributed by atoms with Gasteiger partial charge in [-0.15, -0.1) is 0 Å². The average molecular weight is 498 g/mol. The molecule has 0 bridgehead atoms. The summed E-state index contributed by atoms with van der Waals surface area (Å²) in [6, 6.07) is 10.1. The first-order valence-electron chi connectivity index (χ1n) is 12.0. The van der Waals surface area contributed by atoms with Crippen molar-refractivity contribution in [3.05, 3.63) is 58.7 Å². The van der Waals surface area contributed by atoms with Crippen molar-refractivity contribution in [1.29, 1.82) is 0 Å². The summed E-state index contributed by atoms with van der Waals surface area (Å²) in [5.74, 6) is -1.61. The number of carboxylic acids is 1. The molecule has 0 fully saturated rings.